The molecule has 254 valence electrons. The second kappa shape index (κ2) is 10.8. The van der Waals surface area contributed by atoms with E-state index in [1.807, 2.05) is 12.1 Å². The highest BCUT2D eigenvalue weighted by atomic mass is 32.1. The quantitative estimate of drug-likeness (QED) is 0.167. The third-order valence-corrected chi connectivity index (χ3v) is 12.8. The molecule has 4 aromatic heterocycles. The fourth-order valence-corrected chi connectivity index (χ4v) is 10.4. The van der Waals surface area contributed by atoms with Crippen LogP contribution >= 0.6 is 11.3 Å². The van der Waals surface area contributed by atoms with Crippen molar-refractivity contribution in [3.8, 4) is 17.2 Å². The Hall–Kier alpha value is -7.08. The van der Waals surface area contributed by atoms with Crippen LogP contribution in [0.4, 0.5) is 0 Å². The molecule has 0 saturated carbocycles. The second-order valence-corrected chi connectivity index (χ2v) is 15.5. The molecule has 0 bridgehead atoms. The number of nitrogens with zero attached hydrogens (tertiary/aromatic N) is 3. The first-order chi connectivity index (χ1) is 27.3. The molecule has 0 unspecified atom stereocenters. The van der Waals surface area contributed by atoms with Crippen molar-refractivity contribution < 1.29 is 4.42 Å². The van der Waals surface area contributed by atoms with Crippen molar-refractivity contribution in [3.63, 3.8) is 0 Å². The Morgan fingerprint density at radius 1 is 0.436 bits per heavy atom. The van der Waals surface area contributed by atoms with E-state index in [0.29, 0.717) is 5.95 Å². The molecule has 0 radical (unpaired) electrons. The van der Waals surface area contributed by atoms with Crippen molar-refractivity contribution in [2.45, 2.75) is 0 Å². The lowest BCUT2D eigenvalue weighted by Crippen LogP contribution is -2.02. The van der Waals surface area contributed by atoms with E-state index >= 15 is 0 Å². The molecule has 0 aliphatic carbocycles. The standard InChI is InChI=1S/C50H27N3OS/c1-2-12-30-28(11-1)21-24-39-45(30)46-40(25-23-36-33-15-4-3-13-31(33)32-14-5-6-17-35(32)44(36)46)53(39)50-51-47(49-48(52-50)37-18-8-10-20-43(37)55-49)29-22-26-42-38(27-29)34-16-7-9-19-41(34)54-42/h1-27H. The Morgan fingerprint density at radius 3 is 1.89 bits per heavy atom. The summed E-state index contributed by atoms with van der Waals surface area (Å²) in [6, 6.07) is 58.8. The molecular formula is C50H27N3OS. The molecule has 9 aromatic carbocycles. The van der Waals surface area contributed by atoms with Gasteiger partial charge in [-0.2, -0.15) is 0 Å². The number of para-hydroxylation sites is 1. The van der Waals surface area contributed by atoms with Gasteiger partial charge >= 0.3 is 0 Å². The van der Waals surface area contributed by atoms with Crippen LogP contribution < -0.4 is 0 Å². The third kappa shape index (κ3) is 3.94. The van der Waals surface area contributed by atoms with Gasteiger partial charge in [0.15, 0.2) is 0 Å². The lowest BCUT2D eigenvalue weighted by atomic mass is 9.91. The van der Waals surface area contributed by atoms with E-state index in [-0.39, 0.29) is 0 Å². The maximum Gasteiger partial charge on any atom is 0.235 e. The molecule has 5 heteroatoms. The number of fused-ring (bicyclic) bond motifs is 18. The summed E-state index contributed by atoms with van der Waals surface area (Å²) in [5.74, 6) is 0.655. The van der Waals surface area contributed by atoms with Gasteiger partial charge < -0.3 is 4.42 Å². The number of aromatic nitrogens is 3. The van der Waals surface area contributed by atoms with Gasteiger partial charge in [0.25, 0.3) is 0 Å². The van der Waals surface area contributed by atoms with Gasteiger partial charge in [-0.25, -0.2) is 9.97 Å². The molecule has 13 rings (SSSR count). The number of rotatable bonds is 2. The van der Waals surface area contributed by atoms with Gasteiger partial charge in [-0.1, -0.05) is 121 Å². The molecule has 0 aliphatic heterocycles. The minimum absolute atomic E-state index is 0.655. The topological polar surface area (TPSA) is 43.9 Å². The van der Waals surface area contributed by atoms with Gasteiger partial charge in [0.1, 0.15) is 11.2 Å². The molecule has 0 saturated heterocycles. The van der Waals surface area contributed by atoms with Crippen molar-refractivity contribution in [1.82, 2.24) is 14.5 Å². The number of furan rings is 1. The highest BCUT2D eigenvalue weighted by Crippen LogP contribution is 2.46. The molecule has 0 fully saturated rings. The Balaban J connectivity index is 1.22. The summed E-state index contributed by atoms with van der Waals surface area (Å²) >= 11 is 1.76. The average molecular weight is 718 g/mol. The van der Waals surface area contributed by atoms with Crippen LogP contribution in [0.15, 0.2) is 168 Å². The number of benzene rings is 9. The Labute approximate surface area is 317 Å². The zero-order chi connectivity index (χ0) is 35.8. The first-order valence-electron chi connectivity index (χ1n) is 18.6. The predicted molar refractivity (Wildman–Crippen MR) is 232 cm³/mol. The SMILES string of the molecule is c1ccc2c(c1)ccc1c2c2c3c4ccccc4c4ccccc4c3ccc2n1-c1nc(-c2ccc3oc4ccccc4c3c2)c2sc3ccccc3c2n1. The van der Waals surface area contributed by atoms with E-state index in [2.05, 4.69) is 156 Å². The highest BCUT2D eigenvalue weighted by molar-refractivity contribution is 7.26. The summed E-state index contributed by atoms with van der Waals surface area (Å²) < 4.78 is 10.8. The van der Waals surface area contributed by atoms with E-state index in [0.717, 1.165) is 59.8 Å². The summed E-state index contributed by atoms with van der Waals surface area (Å²) in [5.41, 5.74) is 6.84. The molecule has 13 aromatic rings. The molecule has 0 atom stereocenters. The van der Waals surface area contributed by atoms with E-state index in [1.165, 1.54) is 58.6 Å². The average Bonchev–Trinajstić information content (AvgIpc) is 3.93. The van der Waals surface area contributed by atoms with Crippen molar-refractivity contribution in [1.29, 1.82) is 0 Å². The summed E-state index contributed by atoms with van der Waals surface area (Å²) in [7, 11) is 0. The van der Waals surface area contributed by atoms with Gasteiger partial charge in [0, 0.05) is 42.6 Å². The van der Waals surface area contributed by atoms with Gasteiger partial charge in [-0.3, -0.25) is 4.57 Å². The van der Waals surface area contributed by atoms with Crippen molar-refractivity contribution in [2.24, 2.45) is 0 Å². The van der Waals surface area contributed by atoms with Gasteiger partial charge in [0.2, 0.25) is 5.95 Å². The van der Waals surface area contributed by atoms with Gasteiger partial charge in [-0.05, 0) is 80.2 Å². The molecular weight excluding hydrogens is 691 g/mol. The smallest absolute Gasteiger partial charge is 0.235 e. The van der Waals surface area contributed by atoms with Gasteiger partial charge in [0.05, 0.1) is 26.9 Å². The Morgan fingerprint density at radius 2 is 1.05 bits per heavy atom. The number of hydrogen-bond donors (Lipinski definition) is 0. The van der Waals surface area contributed by atoms with Crippen LogP contribution in [0.5, 0.6) is 0 Å². The minimum atomic E-state index is 0.655. The first-order valence-corrected chi connectivity index (χ1v) is 19.4. The summed E-state index contributed by atoms with van der Waals surface area (Å²) in [5, 5.41) is 15.7. The monoisotopic (exact) mass is 717 g/mol. The minimum Gasteiger partial charge on any atom is -0.456 e. The fraction of sp³-hybridized carbons (Fsp3) is 0. The molecule has 0 aliphatic rings. The molecule has 4 heterocycles. The summed E-state index contributed by atoms with van der Waals surface area (Å²) in [6.07, 6.45) is 0. The molecule has 0 N–H and O–H groups in total. The lowest BCUT2D eigenvalue weighted by molar-refractivity contribution is 0.669. The molecule has 0 amide bonds. The maximum atomic E-state index is 6.25. The van der Waals surface area contributed by atoms with E-state index in [9.17, 15) is 0 Å². The third-order valence-electron chi connectivity index (χ3n) is 11.6. The van der Waals surface area contributed by atoms with E-state index < -0.39 is 0 Å². The fourth-order valence-electron chi connectivity index (χ4n) is 9.23. The van der Waals surface area contributed by atoms with Crippen molar-refractivity contribution >= 4 is 118 Å². The van der Waals surface area contributed by atoms with Crippen LogP contribution in [0.2, 0.25) is 0 Å². The maximum absolute atomic E-state index is 6.25. The summed E-state index contributed by atoms with van der Waals surface area (Å²) in [4.78, 5) is 11.1. The van der Waals surface area contributed by atoms with Crippen LogP contribution in [0, 0.1) is 0 Å². The van der Waals surface area contributed by atoms with Crippen LogP contribution in [-0.2, 0) is 0 Å². The van der Waals surface area contributed by atoms with Crippen LogP contribution in [-0.4, -0.2) is 14.5 Å². The summed E-state index contributed by atoms with van der Waals surface area (Å²) in [6.45, 7) is 0. The Bertz CT molecular complexity index is 3760. The number of thiophene rings is 1. The lowest BCUT2D eigenvalue weighted by Gasteiger charge is -2.13. The molecule has 55 heavy (non-hydrogen) atoms. The zero-order valence-corrected chi connectivity index (χ0v) is 30.1. The second-order valence-electron chi connectivity index (χ2n) is 14.4. The normalized spacial score (nSPS) is 12.4. The van der Waals surface area contributed by atoms with Crippen LogP contribution in [0.25, 0.3) is 124 Å². The van der Waals surface area contributed by atoms with Gasteiger partial charge in [-0.15, -0.1) is 11.3 Å². The Kier molecular flexibility index (Phi) is 5.74. The zero-order valence-electron chi connectivity index (χ0n) is 29.2. The largest absolute Gasteiger partial charge is 0.456 e. The van der Waals surface area contributed by atoms with Crippen molar-refractivity contribution in [3.05, 3.63) is 164 Å². The van der Waals surface area contributed by atoms with Crippen LogP contribution in [0.1, 0.15) is 0 Å². The predicted octanol–water partition coefficient (Wildman–Crippen LogP) is 14.1. The number of hydrogen-bond acceptors (Lipinski definition) is 4. The first kappa shape index (κ1) is 29.4. The molecule has 4 nitrogen and oxygen atoms in total. The van der Waals surface area contributed by atoms with E-state index in [4.69, 9.17) is 14.4 Å². The van der Waals surface area contributed by atoms with Crippen LogP contribution in [0.3, 0.4) is 0 Å². The van der Waals surface area contributed by atoms with Crippen molar-refractivity contribution in [2.75, 3.05) is 0 Å². The molecule has 0 spiro atoms. The highest BCUT2D eigenvalue weighted by Gasteiger charge is 2.24. The van der Waals surface area contributed by atoms with E-state index in [1.54, 1.807) is 11.3 Å².